The molecule has 1 aromatic carbocycles. The van der Waals surface area contributed by atoms with E-state index in [1.165, 1.54) is 36.8 Å². The summed E-state index contributed by atoms with van der Waals surface area (Å²) < 4.78 is 1.23. The first-order valence-corrected chi connectivity index (χ1v) is 9.62. The molecule has 1 heterocycles. The molecule has 0 saturated heterocycles. The van der Waals surface area contributed by atoms with Crippen LogP contribution in [0.1, 0.15) is 32.1 Å². The molecule has 0 bridgehead atoms. The van der Waals surface area contributed by atoms with Crippen LogP contribution in [0.15, 0.2) is 35.3 Å². The summed E-state index contributed by atoms with van der Waals surface area (Å²) in [6, 6.07) is 7.28. The predicted octanol–water partition coefficient (Wildman–Crippen LogP) is 2.58. The van der Waals surface area contributed by atoms with Gasteiger partial charge in [-0.25, -0.2) is 4.68 Å². The molecule has 0 unspecified atom stereocenters. The van der Waals surface area contributed by atoms with Crippen LogP contribution in [0.4, 0.5) is 0 Å². The van der Waals surface area contributed by atoms with E-state index in [1.54, 1.807) is 12.3 Å². The number of carbonyl (C=O) groups excluding carboxylic acids is 1. The van der Waals surface area contributed by atoms with Gasteiger partial charge in [0, 0.05) is 22.9 Å². The molecule has 0 aliphatic heterocycles. The van der Waals surface area contributed by atoms with Crippen molar-refractivity contribution in [2.45, 2.75) is 43.9 Å². The average molecular weight is 345 g/mol. The lowest BCUT2D eigenvalue weighted by Crippen LogP contribution is -2.34. The third kappa shape index (κ3) is 4.38. The number of fused-ring (bicyclic) bond motifs is 1. The minimum Gasteiger partial charge on any atom is -0.354 e. The molecule has 6 heteroatoms. The van der Waals surface area contributed by atoms with Gasteiger partial charge >= 0.3 is 0 Å². The molecule has 1 aromatic heterocycles. The molecule has 2 aromatic rings. The van der Waals surface area contributed by atoms with Gasteiger partial charge in [0.05, 0.1) is 11.6 Å². The normalized spacial score (nSPS) is 15.5. The summed E-state index contributed by atoms with van der Waals surface area (Å²) in [6.45, 7) is 0.611. The van der Waals surface area contributed by atoms with E-state index in [0.717, 1.165) is 16.4 Å². The molecule has 1 N–H and O–H groups in total. The lowest BCUT2D eigenvalue weighted by Gasteiger charge is -2.20. The van der Waals surface area contributed by atoms with E-state index < -0.39 is 0 Å². The fourth-order valence-corrected chi connectivity index (χ4v) is 4.30. The number of benzene rings is 1. The van der Waals surface area contributed by atoms with E-state index in [1.807, 2.05) is 30.0 Å². The number of aromatic nitrogens is 2. The summed E-state index contributed by atoms with van der Waals surface area (Å²) >= 11 is 1.95. The highest BCUT2D eigenvalue weighted by molar-refractivity contribution is 7.99. The number of hydrogen-bond acceptors (Lipinski definition) is 4. The number of amides is 1. The molecular formula is C18H23N3O2S. The second-order valence-corrected chi connectivity index (χ2v) is 7.58. The Morgan fingerprint density at radius 1 is 1.25 bits per heavy atom. The summed E-state index contributed by atoms with van der Waals surface area (Å²) in [5, 5.41) is 9.11. The summed E-state index contributed by atoms with van der Waals surface area (Å²) in [6.07, 6.45) is 8.26. The first-order valence-electron chi connectivity index (χ1n) is 8.57. The van der Waals surface area contributed by atoms with E-state index in [-0.39, 0.29) is 18.0 Å². The Balaban J connectivity index is 1.48. The first kappa shape index (κ1) is 17.0. The molecule has 3 rings (SSSR count). The Morgan fingerprint density at radius 3 is 2.88 bits per heavy atom. The van der Waals surface area contributed by atoms with E-state index >= 15 is 0 Å². The van der Waals surface area contributed by atoms with E-state index in [2.05, 4.69) is 10.4 Å². The van der Waals surface area contributed by atoms with Gasteiger partial charge in [-0.3, -0.25) is 9.59 Å². The average Bonchev–Trinajstić information content (AvgIpc) is 2.62. The highest BCUT2D eigenvalue weighted by Gasteiger charge is 2.13. The molecule has 0 radical (unpaired) electrons. The number of nitrogens with one attached hydrogen (secondary N) is 1. The highest BCUT2D eigenvalue weighted by Crippen LogP contribution is 2.27. The van der Waals surface area contributed by atoms with Crippen molar-refractivity contribution in [3.63, 3.8) is 0 Å². The largest absolute Gasteiger partial charge is 0.354 e. The van der Waals surface area contributed by atoms with Crippen LogP contribution >= 0.6 is 11.8 Å². The Labute approximate surface area is 145 Å². The maximum absolute atomic E-state index is 12.3. The smallest absolute Gasteiger partial charge is 0.275 e. The topological polar surface area (TPSA) is 64.0 Å². The number of carbonyl (C=O) groups is 1. The van der Waals surface area contributed by atoms with Crippen LogP contribution in [0.25, 0.3) is 10.8 Å². The number of nitrogens with zero attached hydrogens (tertiary/aromatic N) is 2. The second-order valence-electron chi connectivity index (χ2n) is 6.18. The lowest BCUT2D eigenvalue weighted by atomic mass is 10.0. The molecule has 1 aliphatic carbocycles. The fraction of sp³-hybridized carbons (Fsp3) is 0.500. The van der Waals surface area contributed by atoms with Crippen LogP contribution in [0.5, 0.6) is 0 Å². The van der Waals surface area contributed by atoms with Gasteiger partial charge < -0.3 is 5.32 Å². The van der Waals surface area contributed by atoms with Crippen molar-refractivity contribution in [2.24, 2.45) is 0 Å². The van der Waals surface area contributed by atoms with Gasteiger partial charge in [0.2, 0.25) is 5.91 Å². The second kappa shape index (κ2) is 8.33. The number of thioether (sulfide) groups is 1. The zero-order chi connectivity index (χ0) is 16.8. The summed E-state index contributed by atoms with van der Waals surface area (Å²) in [4.78, 5) is 24.3. The van der Waals surface area contributed by atoms with E-state index in [4.69, 9.17) is 0 Å². The third-order valence-corrected chi connectivity index (χ3v) is 5.77. The third-order valence-electron chi connectivity index (χ3n) is 4.39. The Hall–Kier alpha value is -1.82. The van der Waals surface area contributed by atoms with Crippen molar-refractivity contribution >= 4 is 28.4 Å². The van der Waals surface area contributed by atoms with Crippen molar-refractivity contribution in [3.05, 3.63) is 40.8 Å². The van der Waals surface area contributed by atoms with Gasteiger partial charge in [-0.15, -0.1) is 0 Å². The van der Waals surface area contributed by atoms with E-state index in [9.17, 15) is 9.59 Å². The van der Waals surface area contributed by atoms with Crippen LogP contribution in [-0.2, 0) is 11.3 Å². The summed E-state index contributed by atoms with van der Waals surface area (Å²) in [5.41, 5.74) is -0.222. The van der Waals surface area contributed by atoms with E-state index in [0.29, 0.717) is 11.9 Å². The van der Waals surface area contributed by atoms with Gasteiger partial charge in [0.15, 0.2) is 0 Å². The summed E-state index contributed by atoms with van der Waals surface area (Å²) in [5.74, 6) is 0.764. The number of rotatable bonds is 6. The van der Waals surface area contributed by atoms with Crippen molar-refractivity contribution in [1.82, 2.24) is 15.1 Å². The Bertz CT molecular complexity index is 753. The molecule has 24 heavy (non-hydrogen) atoms. The molecule has 1 aliphatic rings. The van der Waals surface area contributed by atoms with Gasteiger partial charge in [-0.1, -0.05) is 37.5 Å². The minimum atomic E-state index is -0.222. The van der Waals surface area contributed by atoms with Crippen LogP contribution in [-0.4, -0.2) is 33.2 Å². The zero-order valence-electron chi connectivity index (χ0n) is 13.7. The lowest BCUT2D eigenvalue weighted by molar-refractivity contribution is -0.121. The monoisotopic (exact) mass is 345 g/mol. The molecule has 0 spiro atoms. The first-order chi connectivity index (χ1) is 11.7. The van der Waals surface area contributed by atoms with Gasteiger partial charge in [0.25, 0.3) is 5.56 Å². The standard InChI is InChI=1S/C18H23N3O2S/c22-17(19-10-11-24-15-7-2-1-3-8-15)13-21-18(23)16-9-5-4-6-14(16)12-20-21/h4-6,9,12,15H,1-3,7-8,10-11,13H2,(H,19,22). The van der Waals surface area contributed by atoms with Crippen molar-refractivity contribution in [1.29, 1.82) is 0 Å². The maximum Gasteiger partial charge on any atom is 0.275 e. The molecule has 128 valence electrons. The van der Waals surface area contributed by atoms with Gasteiger partial charge in [-0.2, -0.15) is 16.9 Å². The van der Waals surface area contributed by atoms with Gasteiger partial charge in [-0.05, 0) is 18.9 Å². The zero-order valence-corrected chi connectivity index (χ0v) is 14.6. The molecule has 1 fully saturated rings. The molecule has 0 atom stereocenters. The van der Waals surface area contributed by atoms with Crippen molar-refractivity contribution in [3.8, 4) is 0 Å². The fourth-order valence-electron chi connectivity index (χ4n) is 3.08. The molecular weight excluding hydrogens is 322 g/mol. The summed E-state index contributed by atoms with van der Waals surface area (Å²) in [7, 11) is 0. The Kier molecular flexibility index (Phi) is 5.91. The van der Waals surface area contributed by atoms with Crippen molar-refractivity contribution < 1.29 is 4.79 Å². The van der Waals surface area contributed by atoms with Crippen LogP contribution < -0.4 is 10.9 Å². The van der Waals surface area contributed by atoms with Crippen LogP contribution in [0.3, 0.4) is 0 Å². The molecule has 1 amide bonds. The predicted molar refractivity (Wildman–Crippen MR) is 98.3 cm³/mol. The highest BCUT2D eigenvalue weighted by atomic mass is 32.2. The van der Waals surface area contributed by atoms with Crippen molar-refractivity contribution in [2.75, 3.05) is 12.3 Å². The molecule has 5 nitrogen and oxygen atoms in total. The Morgan fingerprint density at radius 2 is 2.04 bits per heavy atom. The van der Waals surface area contributed by atoms with Gasteiger partial charge in [0.1, 0.15) is 6.54 Å². The SMILES string of the molecule is O=C(Cn1ncc2ccccc2c1=O)NCCSC1CCCCC1. The molecule has 1 saturated carbocycles. The minimum absolute atomic E-state index is 0.0300. The van der Waals surface area contributed by atoms with Crippen LogP contribution in [0.2, 0.25) is 0 Å². The maximum atomic E-state index is 12.3. The number of hydrogen-bond donors (Lipinski definition) is 1. The quantitative estimate of drug-likeness (QED) is 0.818. The van der Waals surface area contributed by atoms with Crippen LogP contribution in [0, 0.1) is 0 Å².